The van der Waals surface area contributed by atoms with Crippen molar-refractivity contribution in [2.24, 2.45) is 11.8 Å². The van der Waals surface area contributed by atoms with Gasteiger partial charge in [-0.1, -0.05) is 6.42 Å². The molecule has 1 heterocycles. The maximum atomic E-state index is 10.3. The second-order valence-corrected chi connectivity index (χ2v) is 4.43. The fraction of sp³-hybridized carbons (Fsp3) is 0.545. The molecular weight excluding hydrogens is 208 g/mol. The van der Waals surface area contributed by atoms with E-state index in [1.165, 1.54) is 25.3 Å². The molecule has 2 aliphatic rings. The number of aliphatic carboxylic acids is 1. The summed E-state index contributed by atoms with van der Waals surface area (Å²) in [5.41, 5.74) is 0. The summed E-state index contributed by atoms with van der Waals surface area (Å²) in [6.45, 7) is 0. The quantitative estimate of drug-likeness (QED) is 0.784. The number of carbonyl (C=O) groups is 1. The number of fused-ring (bicyclic) bond motifs is 1. The van der Waals surface area contributed by atoms with Crippen molar-refractivity contribution in [3.05, 3.63) is 17.9 Å². The van der Waals surface area contributed by atoms with Gasteiger partial charge in [-0.25, -0.2) is 4.79 Å². The molecule has 2 unspecified atom stereocenters. The van der Waals surface area contributed by atoms with Gasteiger partial charge in [-0.2, -0.15) is 0 Å². The highest BCUT2D eigenvalue weighted by Crippen LogP contribution is 2.62. The van der Waals surface area contributed by atoms with Gasteiger partial charge in [0.25, 0.3) is 0 Å². The number of carboxylic acids is 1. The van der Waals surface area contributed by atoms with Crippen molar-refractivity contribution >= 4 is 12.0 Å². The predicted octanol–water partition coefficient (Wildman–Crippen LogP) is 1.68. The molecule has 0 amide bonds. The van der Waals surface area contributed by atoms with Crippen LogP contribution in [0.15, 0.2) is 10.5 Å². The van der Waals surface area contributed by atoms with Gasteiger partial charge in [0.15, 0.2) is 0 Å². The van der Waals surface area contributed by atoms with Crippen LogP contribution in [-0.2, 0) is 4.79 Å². The van der Waals surface area contributed by atoms with E-state index in [0.717, 1.165) is 17.9 Å². The number of nitrogens with zero attached hydrogens (tertiary/aromatic N) is 2. The normalized spacial score (nSPS) is 31.9. The highest BCUT2D eigenvalue weighted by molar-refractivity contribution is 5.84. The first-order valence-electron chi connectivity index (χ1n) is 5.50. The molecule has 16 heavy (non-hydrogen) atoms. The summed E-state index contributed by atoms with van der Waals surface area (Å²) in [7, 11) is 0. The van der Waals surface area contributed by atoms with Crippen molar-refractivity contribution in [3.63, 3.8) is 0 Å². The summed E-state index contributed by atoms with van der Waals surface area (Å²) in [6.07, 6.45) is 6.17. The van der Waals surface area contributed by atoms with Crippen LogP contribution in [0.3, 0.4) is 0 Å². The highest BCUT2D eigenvalue weighted by Gasteiger charge is 2.56. The first-order valence-corrected chi connectivity index (χ1v) is 5.50. The maximum Gasteiger partial charge on any atom is 0.328 e. The van der Waals surface area contributed by atoms with Crippen LogP contribution in [0.4, 0.5) is 0 Å². The van der Waals surface area contributed by atoms with Gasteiger partial charge >= 0.3 is 5.97 Å². The zero-order chi connectivity index (χ0) is 11.1. The molecule has 2 aliphatic carbocycles. The van der Waals surface area contributed by atoms with Crippen LogP contribution in [0.5, 0.6) is 0 Å². The van der Waals surface area contributed by atoms with E-state index in [1.807, 2.05) is 0 Å². The Morgan fingerprint density at radius 1 is 1.38 bits per heavy atom. The van der Waals surface area contributed by atoms with Gasteiger partial charge in [0, 0.05) is 18.1 Å². The Kier molecular flexibility index (Phi) is 2.05. The lowest BCUT2D eigenvalue weighted by Gasteiger charge is -1.95. The van der Waals surface area contributed by atoms with E-state index in [-0.39, 0.29) is 5.89 Å². The van der Waals surface area contributed by atoms with E-state index >= 15 is 0 Å². The smallest absolute Gasteiger partial charge is 0.328 e. The van der Waals surface area contributed by atoms with E-state index in [0.29, 0.717) is 11.8 Å². The van der Waals surface area contributed by atoms with Crippen LogP contribution < -0.4 is 0 Å². The summed E-state index contributed by atoms with van der Waals surface area (Å²) < 4.78 is 5.42. The summed E-state index contributed by atoms with van der Waals surface area (Å²) in [6, 6.07) is 0. The molecule has 1 aromatic rings. The topological polar surface area (TPSA) is 76.2 Å². The number of carboxylic acid groups (broad SMARTS) is 1. The van der Waals surface area contributed by atoms with Crippen LogP contribution >= 0.6 is 0 Å². The molecule has 2 fully saturated rings. The molecule has 0 aromatic carbocycles. The van der Waals surface area contributed by atoms with Gasteiger partial charge in [0.1, 0.15) is 0 Å². The third kappa shape index (κ3) is 1.52. The lowest BCUT2D eigenvalue weighted by molar-refractivity contribution is -0.131. The monoisotopic (exact) mass is 220 g/mol. The Balaban J connectivity index is 1.72. The third-order valence-electron chi connectivity index (χ3n) is 3.52. The van der Waals surface area contributed by atoms with Crippen molar-refractivity contribution in [2.45, 2.75) is 25.2 Å². The molecule has 0 aliphatic heterocycles. The Hall–Kier alpha value is -1.65. The van der Waals surface area contributed by atoms with Crippen molar-refractivity contribution in [2.75, 3.05) is 0 Å². The minimum atomic E-state index is -1.01. The van der Waals surface area contributed by atoms with Crippen LogP contribution in [0, 0.1) is 11.8 Å². The molecule has 3 rings (SSSR count). The minimum Gasteiger partial charge on any atom is -0.478 e. The number of hydrogen-bond acceptors (Lipinski definition) is 4. The molecule has 5 heteroatoms. The van der Waals surface area contributed by atoms with Crippen LogP contribution in [0.1, 0.15) is 37.0 Å². The Labute approximate surface area is 92.2 Å². The maximum absolute atomic E-state index is 10.3. The van der Waals surface area contributed by atoms with Gasteiger partial charge in [-0.3, -0.25) is 0 Å². The Morgan fingerprint density at radius 2 is 2.12 bits per heavy atom. The number of rotatable bonds is 3. The molecule has 84 valence electrons. The molecule has 0 bridgehead atoms. The lowest BCUT2D eigenvalue weighted by Crippen LogP contribution is -1.87. The molecular formula is C11H12N2O3. The average Bonchev–Trinajstić information content (AvgIpc) is 2.73. The molecule has 1 aromatic heterocycles. The summed E-state index contributed by atoms with van der Waals surface area (Å²) in [5.74, 6) is 1.85. The van der Waals surface area contributed by atoms with Gasteiger partial charge in [0.05, 0.1) is 0 Å². The average molecular weight is 220 g/mol. The summed E-state index contributed by atoms with van der Waals surface area (Å²) in [5, 5.41) is 16.2. The predicted molar refractivity (Wildman–Crippen MR) is 54.5 cm³/mol. The molecule has 2 saturated carbocycles. The van der Waals surface area contributed by atoms with Crippen LogP contribution in [-0.4, -0.2) is 21.3 Å². The SMILES string of the molecule is O=C(O)/C=C/c1nnc(C2C3CCCC32)o1. The standard InChI is InChI=1S/C11H12N2O3/c14-9(15)5-4-8-12-13-11(16-8)10-6-2-1-3-7(6)10/h4-7,10H,1-3H2,(H,14,15)/b5-4+. The molecule has 2 atom stereocenters. The number of hydrogen-bond donors (Lipinski definition) is 1. The third-order valence-corrected chi connectivity index (χ3v) is 3.52. The first-order chi connectivity index (χ1) is 7.75. The lowest BCUT2D eigenvalue weighted by atomic mass is 10.1. The Bertz CT molecular complexity index is 442. The molecule has 5 nitrogen and oxygen atoms in total. The van der Waals surface area contributed by atoms with E-state index < -0.39 is 5.97 Å². The van der Waals surface area contributed by atoms with Crippen LogP contribution in [0.25, 0.3) is 6.08 Å². The second-order valence-electron chi connectivity index (χ2n) is 4.43. The van der Waals surface area contributed by atoms with Crippen molar-refractivity contribution < 1.29 is 14.3 Å². The van der Waals surface area contributed by atoms with E-state index in [1.54, 1.807) is 0 Å². The second kappa shape index (κ2) is 3.43. The summed E-state index contributed by atoms with van der Waals surface area (Å²) in [4.78, 5) is 10.3. The summed E-state index contributed by atoms with van der Waals surface area (Å²) >= 11 is 0. The van der Waals surface area contributed by atoms with Crippen molar-refractivity contribution in [1.29, 1.82) is 0 Å². The molecule has 0 radical (unpaired) electrons. The zero-order valence-electron chi connectivity index (χ0n) is 8.67. The van der Waals surface area contributed by atoms with E-state index in [4.69, 9.17) is 9.52 Å². The van der Waals surface area contributed by atoms with Crippen molar-refractivity contribution in [3.8, 4) is 0 Å². The fourth-order valence-electron chi connectivity index (χ4n) is 2.78. The first kappa shape index (κ1) is 9.57. The molecule has 1 N–H and O–H groups in total. The van der Waals surface area contributed by atoms with Gasteiger partial charge in [-0.15, -0.1) is 10.2 Å². The minimum absolute atomic E-state index is 0.280. The van der Waals surface area contributed by atoms with Gasteiger partial charge in [-0.05, 0) is 24.7 Å². The van der Waals surface area contributed by atoms with E-state index in [2.05, 4.69) is 10.2 Å². The number of aromatic nitrogens is 2. The molecule has 0 spiro atoms. The molecule has 0 saturated heterocycles. The highest BCUT2D eigenvalue weighted by atomic mass is 16.4. The van der Waals surface area contributed by atoms with Gasteiger partial charge in [0.2, 0.25) is 11.8 Å². The fourth-order valence-corrected chi connectivity index (χ4v) is 2.78. The van der Waals surface area contributed by atoms with E-state index in [9.17, 15) is 4.79 Å². The van der Waals surface area contributed by atoms with Gasteiger partial charge < -0.3 is 9.52 Å². The zero-order valence-corrected chi connectivity index (χ0v) is 8.67. The van der Waals surface area contributed by atoms with Crippen LogP contribution in [0.2, 0.25) is 0 Å². The van der Waals surface area contributed by atoms with Crippen molar-refractivity contribution in [1.82, 2.24) is 10.2 Å². The largest absolute Gasteiger partial charge is 0.478 e. The Morgan fingerprint density at radius 3 is 2.81 bits per heavy atom.